The molecule has 5 heteroatoms. The maximum absolute atomic E-state index is 12.5. The topological polar surface area (TPSA) is 60.8 Å². The summed E-state index contributed by atoms with van der Waals surface area (Å²) in [6.07, 6.45) is 0.609. The summed E-state index contributed by atoms with van der Waals surface area (Å²) in [5, 5.41) is 21.7. The number of rotatable bonds is 3. The number of carbonyl (C=O) groups excluding carboxylic acids is 1. The van der Waals surface area contributed by atoms with Crippen LogP contribution in [0.2, 0.25) is 0 Å². The molecule has 0 saturated heterocycles. The number of amides is 1. The van der Waals surface area contributed by atoms with Gasteiger partial charge in [0.25, 0.3) is 5.91 Å². The number of hydrogen-bond donors (Lipinski definition) is 2. The summed E-state index contributed by atoms with van der Waals surface area (Å²) in [5.41, 5.74) is 0.675. The van der Waals surface area contributed by atoms with Gasteiger partial charge in [-0.25, -0.2) is 0 Å². The van der Waals surface area contributed by atoms with Crippen LogP contribution in [0.25, 0.3) is 0 Å². The van der Waals surface area contributed by atoms with Gasteiger partial charge >= 0.3 is 0 Å². The average Bonchev–Trinajstić information content (AvgIpc) is 2.90. The maximum atomic E-state index is 12.5. The van der Waals surface area contributed by atoms with Crippen molar-refractivity contribution in [3.8, 4) is 0 Å². The average molecular weight is 297 g/mol. The Balaban J connectivity index is 2.11. The quantitative estimate of drug-likeness (QED) is 0.899. The van der Waals surface area contributed by atoms with E-state index >= 15 is 0 Å². The smallest absolute Gasteiger partial charge is 0.254 e. The van der Waals surface area contributed by atoms with Gasteiger partial charge in [0.2, 0.25) is 0 Å². The summed E-state index contributed by atoms with van der Waals surface area (Å²) in [6, 6.07) is 1.63. The Morgan fingerprint density at radius 3 is 2.70 bits per heavy atom. The normalized spacial score (nSPS) is 26.8. The van der Waals surface area contributed by atoms with Crippen molar-refractivity contribution in [1.82, 2.24) is 4.90 Å². The van der Waals surface area contributed by atoms with Gasteiger partial charge < -0.3 is 15.1 Å². The van der Waals surface area contributed by atoms with Gasteiger partial charge in [-0.05, 0) is 31.2 Å². The third-order valence-corrected chi connectivity index (χ3v) is 5.27. The molecule has 1 aliphatic carbocycles. The number of aliphatic hydroxyl groups is 2. The van der Waals surface area contributed by atoms with Crippen molar-refractivity contribution in [2.24, 2.45) is 0 Å². The van der Waals surface area contributed by atoms with Crippen molar-refractivity contribution in [2.45, 2.75) is 57.3 Å². The summed E-state index contributed by atoms with van der Waals surface area (Å²) in [5.74, 6) is 0.334. The summed E-state index contributed by atoms with van der Waals surface area (Å²) in [4.78, 5) is 15.2. The van der Waals surface area contributed by atoms with Crippen LogP contribution in [-0.2, 0) is 0 Å². The van der Waals surface area contributed by atoms with Crippen molar-refractivity contribution in [3.63, 3.8) is 0 Å². The predicted molar refractivity (Wildman–Crippen MR) is 80.2 cm³/mol. The number of aliphatic hydroxyl groups excluding tert-OH is 2. The molecule has 1 amide bonds. The summed E-state index contributed by atoms with van der Waals surface area (Å²) in [6.45, 7) is 4.20. The van der Waals surface area contributed by atoms with E-state index in [0.29, 0.717) is 17.9 Å². The highest BCUT2D eigenvalue weighted by atomic mass is 32.1. The second-order valence-electron chi connectivity index (χ2n) is 5.86. The van der Waals surface area contributed by atoms with E-state index in [2.05, 4.69) is 13.8 Å². The lowest BCUT2D eigenvalue weighted by Gasteiger charge is -2.37. The van der Waals surface area contributed by atoms with Crippen LogP contribution in [0.15, 0.2) is 11.4 Å². The van der Waals surface area contributed by atoms with E-state index in [1.165, 1.54) is 4.88 Å². The van der Waals surface area contributed by atoms with Crippen LogP contribution >= 0.6 is 11.3 Å². The van der Waals surface area contributed by atoms with E-state index in [9.17, 15) is 15.0 Å². The predicted octanol–water partition coefficient (Wildman–Crippen LogP) is 2.22. The molecule has 0 aliphatic heterocycles. The van der Waals surface area contributed by atoms with Crippen LogP contribution in [-0.4, -0.2) is 46.3 Å². The van der Waals surface area contributed by atoms with Crippen LogP contribution in [0.4, 0.5) is 0 Å². The zero-order valence-corrected chi connectivity index (χ0v) is 13.1. The standard InChI is InChI=1S/C15H23NO3S/c1-9(2)13-7-10(8-20-13)15(19)16(3)11-5-4-6-12(17)14(11)18/h7-9,11-12,14,17-18H,4-6H2,1-3H3/t11-,12-,14-/m1/s1. The zero-order valence-electron chi connectivity index (χ0n) is 12.2. The Kier molecular flexibility index (Phi) is 4.83. The van der Waals surface area contributed by atoms with Crippen molar-refractivity contribution in [2.75, 3.05) is 7.05 Å². The molecule has 1 aromatic rings. The number of hydrogen-bond acceptors (Lipinski definition) is 4. The molecule has 0 bridgehead atoms. The van der Waals surface area contributed by atoms with E-state index < -0.39 is 12.2 Å². The Labute approximate surface area is 124 Å². The van der Waals surface area contributed by atoms with Gasteiger partial charge in [0, 0.05) is 17.3 Å². The van der Waals surface area contributed by atoms with E-state index in [1.807, 2.05) is 11.4 Å². The first-order valence-electron chi connectivity index (χ1n) is 7.13. The highest BCUT2D eigenvalue weighted by Gasteiger charge is 2.35. The van der Waals surface area contributed by atoms with Gasteiger partial charge in [0.15, 0.2) is 0 Å². The van der Waals surface area contributed by atoms with Gasteiger partial charge in [0.1, 0.15) is 6.10 Å². The highest BCUT2D eigenvalue weighted by molar-refractivity contribution is 7.10. The molecule has 2 rings (SSSR count). The van der Waals surface area contributed by atoms with Gasteiger partial charge in [-0.3, -0.25) is 4.79 Å². The fourth-order valence-corrected chi connectivity index (χ4v) is 3.58. The summed E-state index contributed by atoms with van der Waals surface area (Å²) >= 11 is 1.59. The molecule has 1 saturated carbocycles. The SMILES string of the molecule is CC(C)c1cc(C(=O)N(C)[C@@H]2CCC[C@@H](O)[C@@H]2O)cs1. The fraction of sp³-hybridized carbons (Fsp3) is 0.667. The lowest BCUT2D eigenvalue weighted by Crippen LogP contribution is -2.51. The van der Waals surface area contributed by atoms with Crippen molar-refractivity contribution in [3.05, 3.63) is 21.9 Å². The monoisotopic (exact) mass is 297 g/mol. The van der Waals surface area contributed by atoms with E-state index in [0.717, 1.165) is 12.8 Å². The molecule has 4 nitrogen and oxygen atoms in total. The van der Waals surface area contributed by atoms with Crippen molar-refractivity contribution in [1.29, 1.82) is 0 Å². The molecule has 3 atom stereocenters. The lowest BCUT2D eigenvalue weighted by molar-refractivity contribution is -0.0526. The van der Waals surface area contributed by atoms with Crippen LogP contribution in [0, 0.1) is 0 Å². The molecule has 2 N–H and O–H groups in total. The second-order valence-corrected chi connectivity index (χ2v) is 6.81. The lowest BCUT2D eigenvalue weighted by atomic mass is 9.89. The third kappa shape index (κ3) is 3.05. The van der Waals surface area contributed by atoms with Gasteiger partial charge in [-0.15, -0.1) is 11.3 Å². The maximum Gasteiger partial charge on any atom is 0.254 e. The molecular formula is C15H23NO3S. The fourth-order valence-electron chi connectivity index (χ4n) is 2.68. The zero-order chi connectivity index (χ0) is 14.9. The molecule has 0 aromatic carbocycles. The van der Waals surface area contributed by atoms with Gasteiger partial charge in [-0.1, -0.05) is 13.8 Å². The first kappa shape index (κ1) is 15.5. The molecule has 0 spiro atoms. The van der Waals surface area contributed by atoms with Crippen molar-refractivity contribution < 1.29 is 15.0 Å². The molecule has 1 aliphatic rings. The van der Waals surface area contributed by atoms with E-state index in [-0.39, 0.29) is 11.9 Å². The van der Waals surface area contributed by atoms with Crippen LogP contribution < -0.4 is 0 Å². The molecule has 0 radical (unpaired) electrons. The third-order valence-electron chi connectivity index (χ3n) is 4.04. The van der Waals surface area contributed by atoms with E-state index in [4.69, 9.17) is 0 Å². The van der Waals surface area contributed by atoms with Gasteiger partial charge in [-0.2, -0.15) is 0 Å². The van der Waals surface area contributed by atoms with Crippen LogP contribution in [0.3, 0.4) is 0 Å². The molecule has 20 heavy (non-hydrogen) atoms. The first-order valence-corrected chi connectivity index (χ1v) is 8.01. The molecular weight excluding hydrogens is 274 g/mol. The minimum Gasteiger partial charge on any atom is -0.390 e. The number of carbonyl (C=O) groups is 1. The Morgan fingerprint density at radius 1 is 1.40 bits per heavy atom. The van der Waals surface area contributed by atoms with E-state index in [1.54, 1.807) is 23.3 Å². The second kappa shape index (κ2) is 6.24. The summed E-state index contributed by atoms with van der Waals surface area (Å²) in [7, 11) is 1.71. The van der Waals surface area contributed by atoms with Crippen LogP contribution in [0.5, 0.6) is 0 Å². The number of nitrogens with zero attached hydrogens (tertiary/aromatic N) is 1. The van der Waals surface area contributed by atoms with Crippen LogP contribution in [0.1, 0.15) is 54.3 Å². The Bertz CT molecular complexity index is 471. The minimum atomic E-state index is -0.846. The molecule has 0 unspecified atom stereocenters. The number of thiophene rings is 1. The Hall–Kier alpha value is -0.910. The minimum absolute atomic E-state index is 0.0775. The Morgan fingerprint density at radius 2 is 2.10 bits per heavy atom. The highest BCUT2D eigenvalue weighted by Crippen LogP contribution is 2.27. The van der Waals surface area contributed by atoms with Gasteiger partial charge in [0.05, 0.1) is 17.7 Å². The van der Waals surface area contributed by atoms with Crippen molar-refractivity contribution >= 4 is 17.2 Å². The molecule has 1 heterocycles. The summed E-state index contributed by atoms with van der Waals surface area (Å²) < 4.78 is 0. The number of likely N-dealkylation sites (N-methyl/N-ethyl adjacent to an activating group) is 1. The largest absolute Gasteiger partial charge is 0.390 e. The molecule has 1 aromatic heterocycles. The molecule has 112 valence electrons. The molecule has 1 fully saturated rings. The first-order chi connectivity index (χ1) is 9.41.